The Morgan fingerprint density at radius 3 is 2.86 bits per heavy atom. The van der Waals surface area contributed by atoms with Crippen LogP contribution >= 0.6 is 11.8 Å². The second kappa shape index (κ2) is 6.67. The number of thioether (sulfide) groups is 1. The summed E-state index contributed by atoms with van der Waals surface area (Å²) in [4.78, 5) is 23.5. The molecule has 1 amide bonds. The van der Waals surface area contributed by atoms with Gasteiger partial charge in [-0.3, -0.25) is 4.79 Å². The number of aryl methyl sites for hydroxylation is 1. The Bertz CT molecular complexity index is 665. The first-order valence-electron chi connectivity index (χ1n) is 6.54. The first kappa shape index (κ1) is 15.4. The van der Waals surface area contributed by atoms with E-state index in [1.54, 1.807) is 30.8 Å². The van der Waals surface area contributed by atoms with Crippen LogP contribution in [-0.4, -0.2) is 35.0 Å². The van der Waals surface area contributed by atoms with Gasteiger partial charge in [-0.25, -0.2) is 4.79 Å². The van der Waals surface area contributed by atoms with Crippen LogP contribution < -0.4 is 5.32 Å². The van der Waals surface area contributed by atoms with E-state index in [0.29, 0.717) is 29.1 Å². The number of aliphatic carboxylic acids is 1. The summed E-state index contributed by atoms with van der Waals surface area (Å²) in [6.07, 6.45) is 2.28. The number of nitrogens with one attached hydrogen (secondary N) is 1. The van der Waals surface area contributed by atoms with Gasteiger partial charge in [0, 0.05) is 5.39 Å². The fraction of sp³-hybridized carbons (Fsp3) is 0.333. The SMILES string of the molecule is CSCCC(NC(=O)c1cccc2cc(C)oc12)C(=O)O. The van der Waals surface area contributed by atoms with Gasteiger partial charge in [0.15, 0.2) is 0 Å². The van der Waals surface area contributed by atoms with Gasteiger partial charge < -0.3 is 14.8 Å². The summed E-state index contributed by atoms with van der Waals surface area (Å²) in [6.45, 7) is 1.81. The molecule has 0 radical (unpaired) electrons. The van der Waals surface area contributed by atoms with Gasteiger partial charge in [0.25, 0.3) is 5.91 Å². The highest BCUT2D eigenvalue weighted by atomic mass is 32.2. The van der Waals surface area contributed by atoms with Gasteiger partial charge in [0.2, 0.25) is 0 Å². The van der Waals surface area contributed by atoms with Crippen LogP contribution in [0.1, 0.15) is 22.5 Å². The fourth-order valence-electron chi connectivity index (χ4n) is 2.10. The molecule has 2 aromatic rings. The van der Waals surface area contributed by atoms with E-state index >= 15 is 0 Å². The van der Waals surface area contributed by atoms with Crippen molar-refractivity contribution in [2.45, 2.75) is 19.4 Å². The first-order chi connectivity index (χ1) is 10.0. The molecule has 1 aromatic heterocycles. The number of carbonyl (C=O) groups excluding carboxylic acids is 1. The summed E-state index contributed by atoms with van der Waals surface area (Å²) in [5.41, 5.74) is 0.845. The number of fused-ring (bicyclic) bond motifs is 1. The molecule has 0 aliphatic carbocycles. The third-order valence-corrected chi connectivity index (χ3v) is 3.77. The molecule has 112 valence electrons. The summed E-state index contributed by atoms with van der Waals surface area (Å²) in [5.74, 6) is -0.0764. The summed E-state index contributed by atoms with van der Waals surface area (Å²) >= 11 is 1.54. The highest BCUT2D eigenvalue weighted by Gasteiger charge is 2.22. The number of rotatable bonds is 6. The van der Waals surface area contributed by atoms with E-state index in [2.05, 4.69) is 5.32 Å². The standard InChI is InChI=1S/C15H17NO4S/c1-9-8-10-4-3-5-11(13(10)20-9)14(17)16-12(15(18)19)6-7-21-2/h3-5,8,12H,6-7H2,1-2H3,(H,16,17)(H,18,19). The normalized spacial score (nSPS) is 12.3. The minimum atomic E-state index is -1.03. The van der Waals surface area contributed by atoms with Crippen LogP contribution in [0.2, 0.25) is 0 Å². The predicted molar refractivity (Wildman–Crippen MR) is 82.8 cm³/mol. The summed E-state index contributed by atoms with van der Waals surface area (Å²) < 4.78 is 5.53. The van der Waals surface area contributed by atoms with Crippen LogP contribution in [0.4, 0.5) is 0 Å². The van der Waals surface area contributed by atoms with Crippen LogP contribution in [0.15, 0.2) is 28.7 Å². The molecule has 1 unspecified atom stereocenters. The molecule has 1 aromatic carbocycles. The Morgan fingerprint density at radius 1 is 1.43 bits per heavy atom. The molecule has 6 heteroatoms. The van der Waals surface area contributed by atoms with Crippen molar-refractivity contribution in [2.75, 3.05) is 12.0 Å². The maximum Gasteiger partial charge on any atom is 0.326 e. The van der Waals surface area contributed by atoms with Crippen molar-refractivity contribution < 1.29 is 19.1 Å². The van der Waals surface area contributed by atoms with E-state index < -0.39 is 17.9 Å². The van der Waals surface area contributed by atoms with Crippen LogP contribution in [0.3, 0.4) is 0 Å². The minimum absolute atomic E-state index is 0.357. The molecule has 21 heavy (non-hydrogen) atoms. The number of benzene rings is 1. The number of carboxylic acids is 1. The quantitative estimate of drug-likeness (QED) is 0.857. The number of furan rings is 1. The van der Waals surface area contributed by atoms with Gasteiger partial charge >= 0.3 is 5.97 Å². The molecule has 1 atom stereocenters. The zero-order valence-corrected chi connectivity index (χ0v) is 12.7. The lowest BCUT2D eigenvalue weighted by molar-refractivity contribution is -0.139. The topological polar surface area (TPSA) is 79.5 Å². The van der Waals surface area contributed by atoms with Gasteiger partial charge in [0.05, 0.1) is 5.56 Å². The zero-order valence-electron chi connectivity index (χ0n) is 11.9. The Balaban J connectivity index is 2.23. The lowest BCUT2D eigenvalue weighted by atomic mass is 10.1. The van der Waals surface area contributed by atoms with Crippen LogP contribution in [0, 0.1) is 6.92 Å². The Hall–Kier alpha value is -1.95. The van der Waals surface area contributed by atoms with Gasteiger partial charge in [-0.2, -0.15) is 11.8 Å². The van der Waals surface area contributed by atoms with E-state index in [4.69, 9.17) is 9.52 Å². The number of hydrogen-bond donors (Lipinski definition) is 2. The smallest absolute Gasteiger partial charge is 0.326 e. The first-order valence-corrected chi connectivity index (χ1v) is 7.94. The molecular weight excluding hydrogens is 290 g/mol. The van der Waals surface area contributed by atoms with Gasteiger partial charge in [-0.1, -0.05) is 12.1 Å². The number of amides is 1. The highest BCUT2D eigenvalue weighted by molar-refractivity contribution is 7.98. The molecule has 1 heterocycles. The molecule has 0 aliphatic heterocycles. The average molecular weight is 307 g/mol. The van der Waals surface area contributed by atoms with Crippen molar-refractivity contribution >= 4 is 34.6 Å². The molecule has 0 fully saturated rings. The Morgan fingerprint density at radius 2 is 2.19 bits per heavy atom. The molecule has 2 rings (SSSR count). The lowest BCUT2D eigenvalue weighted by Gasteiger charge is -2.14. The molecular formula is C15H17NO4S. The Kier molecular flexibility index (Phi) is 4.90. The molecule has 0 spiro atoms. The van der Waals surface area contributed by atoms with E-state index in [1.807, 2.05) is 18.4 Å². The summed E-state index contributed by atoms with van der Waals surface area (Å²) in [6, 6.07) is 6.19. The number of para-hydroxylation sites is 1. The monoisotopic (exact) mass is 307 g/mol. The van der Waals surface area contributed by atoms with Crippen molar-refractivity contribution in [1.29, 1.82) is 0 Å². The average Bonchev–Trinajstić information content (AvgIpc) is 2.82. The van der Waals surface area contributed by atoms with Crippen LogP contribution in [0.5, 0.6) is 0 Å². The van der Waals surface area contributed by atoms with Crippen molar-refractivity contribution in [1.82, 2.24) is 5.32 Å². The third-order valence-electron chi connectivity index (χ3n) is 3.13. The van der Waals surface area contributed by atoms with Gasteiger partial charge in [-0.15, -0.1) is 0 Å². The van der Waals surface area contributed by atoms with Crippen molar-refractivity contribution in [2.24, 2.45) is 0 Å². The minimum Gasteiger partial charge on any atom is -0.480 e. The van der Waals surface area contributed by atoms with E-state index in [1.165, 1.54) is 0 Å². The molecule has 0 aliphatic rings. The van der Waals surface area contributed by atoms with Crippen molar-refractivity contribution in [3.05, 3.63) is 35.6 Å². The van der Waals surface area contributed by atoms with Crippen molar-refractivity contribution in [3.8, 4) is 0 Å². The zero-order chi connectivity index (χ0) is 15.4. The predicted octanol–water partition coefficient (Wildman–Crippen LogP) is 2.68. The number of carbonyl (C=O) groups is 2. The molecule has 0 bridgehead atoms. The molecule has 0 saturated carbocycles. The lowest BCUT2D eigenvalue weighted by Crippen LogP contribution is -2.41. The van der Waals surface area contributed by atoms with Crippen LogP contribution in [-0.2, 0) is 4.79 Å². The maximum absolute atomic E-state index is 12.3. The number of hydrogen-bond acceptors (Lipinski definition) is 4. The third kappa shape index (κ3) is 3.58. The molecule has 0 saturated heterocycles. The van der Waals surface area contributed by atoms with E-state index in [0.717, 1.165) is 5.39 Å². The second-order valence-corrected chi connectivity index (χ2v) is 5.71. The van der Waals surface area contributed by atoms with Gasteiger partial charge in [-0.05, 0) is 37.5 Å². The van der Waals surface area contributed by atoms with Gasteiger partial charge in [0.1, 0.15) is 17.4 Å². The fourth-order valence-corrected chi connectivity index (χ4v) is 2.57. The summed E-state index contributed by atoms with van der Waals surface area (Å²) in [7, 11) is 0. The number of carboxylic acid groups (broad SMARTS) is 1. The maximum atomic E-state index is 12.3. The highest BCUT2D eigenvalue weighted by Crippen LogP contribution is 2.22. The Labute approximate surface area is 126 Å². The van der Waals surface area contributed by atoms with Crippen LogP contribution in [0.25, 0.3) is 11.0 Å². The summed E-state index contributed by atoms with van der Waals surface area (Å²) in [5, 5.41) is 12.6. The largest absolute Gasteiger partial charge is 0.480 e. The van der Waals surface area contributed by atoms with E-state index in [9.17, 15) is 9.59 Å². The van der Waals surface area contributed by atoms with Crippen molar-refractivity contribution in [3.63, 3.8) is 0 Å². The molecule has 5 nitrogen and oxygen atoms in total. The van der Waals surface area contributed by atoms with E-state index in [-0.39, 0.29) is 0 Å². The molecule has 2 N–H and O–H groups in total. The second-order valence-electron chi connectivity index (χ2n) is 4.73.